The van der Waals surface area contributed by atoms with Crippen LogP contribution in [0, 0.1) is 17.6 Å². The van der Waals surface area contributed by atoms with Crippen molar-refractivity contribution in [2.24, 2.45) is 5.92 Å². The van der Waals surface area contributed by atoms with Crippen LogP contribution in [0.25, 0.3) is 0 Å². The van der Waals surface area contributed by atoms with Gasteiger partial charge in [-0.3, -0.25) is 0 Å². The molecule has 24 heavy (non-hydrogen) atoms. The normalized spacial score (nSPS) is 18.4. The second kappa shape index (κ2) is 9.54. The molecule has 2 amide bonds. The number of carbonyl (C=O) groups excluding carboxylic acids is 1. The molecular formula is C17H24F2N2O3. The van der Waals surface area contributed by atoms with Crippen LogP contribution in [0.3, 0.4) is 0 Å². The maximum absolute atomic E-state index is 13.2. The molecule has 0 unspecified atom stereocenters. The lowest BCUT2D eigenvalue weighted by Crippen LogP contribution is -2.37. The van der Waals surface area contributed by atoms with Gasteiger partial charge in [-0.15, -0.1) is 0 Å². The number of hydrogen-bond donors (Lipinski definition) is 2. The maximum Gasteiger partial charge on any atom is 0.315 e. The molecule has 0 aliphatic carbocycles. The molecular weight excluding hydrogens is 318 g/mol. The van der Waals surface area contributed by atoms with E-state index in [9.17, 15) is 13.6 Å². The first-order valence-corrected chi connectivity index (χ1v) is 8.21. The minimum Gasteiger partial charge on any atom is -0.381 e. The number of benzene rings is 1. The van der Waals surface area contributed by atoms with Crippen molar-refractivity contribution in [2.75, 3.05) is 33.0 Å². The van der Waals surface area contributed by atoms with E-state index in [2.05, 4.69) is 10.6 Å². The maximum atomic E-state index is 13.2. The summed E-state index contributed by atoms with van der Waals surface area (Å²) in [5.41, 5.74) is 0.506. The highest BCUT2D eigenvalue weighted by atomic mass is 19.2. The van der Waals surface area contributed by atoms with Crippen LogP contribution in [-0.2, 0) is 9.47 Å². The first-order valence-electron chi connectivity index (χ1n) is 8.21. The fraction of sp³-hybridized carbons (Fsp3) is 0.588. The van der Waals surface area contributed by atoms with Gasteiger partial charge in [0.15, 0.2) is 11.6 Å². The predicted octanol–water partition coefficient (Wildman–Crippen LogP) is 2.77. The van der Waals surface area contributed by atoms with E-state index in [1.165, 1.54) is 6.07 Å². The summed E-state index contributed by atoms with van der Waals surface area (Å²) in [6.45, 7) is 5.04. The lowest BCUT2D eigenvalue weighted by atomic mass is 10.1. The van der Waals surface area contributed by atoms with Gasteiger partial charge in [-0.1, -0.05) is 6.07 Å². The molecule has 7 heteroatoms. The summed E-state index contributed by atoms with van der Waals surface area (Å²) in [5, 5.41) is 5.40. The topological polar surface area (TPSA) is 59.6 Å². The molecule has 1 fully saturated rings. The van der Waals surface area contributed by atoms with E-state index < -0.39 is 17.7 Å². The van der Waals surface area contributed by atoms with Crippen molar-refractivity contribution in [2.45, 2.75) is 25.8 Å². The number of amides is 2. The highest BCUT2D eigenvalue weighted by molar-refractivity contribution is 5.74. The van der Waals surface area contributed by atoms with E-state index >= 15 is 0 Å². The molecule has 1 aromatic rings. The van der Waals surface area contributed by atoms with Crippen LogP contribution in [-0.4, -0.2) is 39.0 Å². The molecule has 0 bridgehead atoms. The van der Waals surface area contributed by atoms with Crippen molar-refractivity contribution in [1.29, 1.82) is 0 Å². The van der Waals surface area contributed by atoms with Crippen molar-refractivity contribution < 1.29 is 23.0 Å². The molecule has 0 saturated carbocycles. The third-order valence-electron chi connectivity index (χ3n) is 3.92. The van der Waals surface area contributed by atoms with Crippen molar-refractivity contribution >= 4 is 6.03 Å². The number of carbonyl (C=O) groups is 1. The summed E-state index contributed by atoms with van der Waals surface area (Å²) >= 11 is 0. The summed E-state index contributed by atoms with van der Waals surface area (Å²) in [6, 6.07) is 2.81. The Morgan fingerprint density at radius 2 is 2.25 bits per heavy atom. The fourth-order valence-corrected chi connectivity index (χ4v) is 2.45. The summed E-state index contributed by atoms with van der Waals surface area (Å²) in [6.07, 6.45) is 1.75. The van der Waals surface area contributed by atoms with Gasteiger partial charge in [-0.05, 0) is 37.5 Å². The highest BCUT2D eigenvalue weighted by Gasteiger charge is 2.15. The molecule has 1 aromatic carbocycles. The van der Waals surface area contributed by atoms with Crippen LogP contribution in [0.15, 0.2) is 18.2 Å². The first-order chi connectivity index (χ1) is 11.6. The molecule has 2 rings (SSSR count). The fourth-order valence-electron chi connectivity index (χ4n) is 2.45. The average Bonchev–Trinajstić information content (AvgIpc) is 3.06. The lowest BCUT2D eigenvalue weighted by molar-refractivity contribution is 0.0885. The number of ether oxygens (including phenoxy) is 2. The Bertz CT molecular complexity index is 537. The number of halogens is 2. The largest absolute Gasteiger partial charge is 0.381 e. The van der Waals surface area contributed by atoms with Gasteiger partial charge < -0.3 is 20.1 Å². The molecule has 5 nitrogen and oxygen atoms in total. The number of nitrogens with one attached hydrogen (secondary N) is 2. The molecule has 1 heterocycles. The number of rotatable bonds is 8. The summed E-state index contributed by atoms with van der Waals surface area (Å²) in [7, 11) is 0. The number of hydrogen-bond acceptors (Lipinski definition) is 3. The minimum absolute atomic E-state index is 0.351. The second-order valence-corrected chi connectivity index (χ2v) is 5.95. The Kier molecular flexibility index (Phi) is 7.39. The summed E-state index contributed by atoms with van der Waals surface area (Å²) in [5.74, 6) is -1.34. The SMILES string of the molecule is C[C@@H](NC(=O)NCCCOC[C@@H]1CCOC1)c1ccc(F)c(F)c1. The molecule has 1 saturated heterocycles. The second-order valence-electron chi connectivity index (χ2n) is 5.95. The van der Waals surface area contributed by atoms with E-state index in [0.717, 1.165) is 31.8 Å². The minimum atomic E-state index is -0.925. The zero-order chi connectivity index (χ0) is 17.4. The Labute approximate surface area is 140 Å². The van der Waals surface area contributed by atoms with Crippen molar-refractivity contribution in [3.05, 3.63) is 35.4 Å². The summed E-state index contributed by atoms with van der Waals surface area (Å²) in [4.78, 5) is 11.8. The molecule has 2 atom stereocenters. The zero-order valence-electron chi connectivity index (χ0n) is 13.8. The molecule has 134 valence electrons. The van der Waals surface area contributed by atoms with Crippen LogP contribution in [0.1, 0.15) is 31.4 Å². The quantitative estimate of drug-likeness (QED) is 0.714. The Morgan fingerprint density at radius 3 is 2.96 bits per heavy atom. The molecule has 0 aromatic heterocycles. The monoisotopic (exact) mass is 342 g/mol. The van der Waals surface area contributed by atoms with Crippen LogP contribution in [0.4, 0.5) is 13.6 Å². The van der Waals surface area contributed by atoms with Crippen LogP contribution >= 0.6 is 0 Å². The predicted molar refractivity (Wildman–Crippen MR) is 85.7 cm³/mol. The molecule has 0 spiro atoms. The van der Waals surface area contributed by atoms with Gasteiger partial charge in [0.2, 0.25) is 0 Å². The summed E-state index contributed by atoms with van der Waals surface area (Å²) < 4.78 is 36.9. The first kappa shape index (κ1) is 18.6. The van der Waals surface area contributed by atoms with Gasteiger partial charge >= 0.3 is 6.03 Å². The lowest BCUT2D eigenvalue weighted by Gasteiger charge is -2.15. The molecule has 1 aliphatic rings. The van der Waals surface area contributed by atoms with Gasteiger partial charge in [0.25, 0.3) is 0 Å². The van der Waals surface area contributed by atoms with E-state index in [0.29, 0.717) is 37.7 Å². The van der Waals surface area contributed by atoms with Crippen molar-refractivity contribution in [3.8, 4) is 0 Å². The standard InChI is InChI=1S/C17H24F2N2O3/c1-12(14-3-4-15(18)16(19)9-14)21-17(22)20-6-2-7-23-10-13-5-8-24-11-13/h3-4,9,12-13H,2,5-8,10-11H2,1H3,(H2,20,21,22)/t12-,13+/m1/s1. The Hall–Kier alpha value is -1.73. The Balaban J connectivity index is 1.57. The zero-order valence-corrected chi connectivity index (χ0v) is 13.8. The van der Waals surface area contributed by atoms with E-state index in [4.69, 9.17) is 9.47 Å². The number of urea groups is 1. The third kappa shape index (κ3) is 6.05. The van der Waals surface area contributed by atoms with Crippen LogP contribution in [0.5, 0.6) is 0 Å². The van der Waals surface area contributed by atoms with Gasteiger partial charge in [-0.25, -0.2) is 13.6 Å². The third-order valence-corrected chi connectivity index (χ3v) is 3.92. The molecule has 1 aliphatic heterocycles. The van der Waals surface area contributed by atoms with Crippen molar-refractivity contribution in [3.63, 3.8) is 0 Å². The van der Waals surface area contributed by atoms with Crippen molar-refractivity contribution in [1.82, 2.24) is 10.6 Å². The van der Waals surface area contributed by atoms with Gasteiger partial charge in [-0.2, -0.15) is 0 Å². The smallest absolute Gasteiger partial charge is 0.315 e. The van der Waals surface area contributed by atoms with E-state index in [1.54, 1.807) is 6.92 Å². The average molecular weight is 342 g/mol. The van der Waals surface area contributed by atoms with Gasteiger partial charge in [0, 0.05) is 25.7 Å². The van der Waals surface area contributed by atoms with Crippen LogP contribution < -0.4 is 10.6 Å². The molecule has 0 radical (unpaired) electrons. The van der Waals surface area contributed by atoms with E-state index in [-0.39, 0.29) is 6.03 Å². The Morgan fingerprint density at radius 1 is 1.42 bits per heavy atom. The van der Waals surface area contributed by atoms with E-state index in [1.807, 2.05) is 0 Å². The van der Waals surface area contributed by atoms with Gasteiger partial charge in [0.1, 0.15) is 0 Å². The highest BCUT2D eigenvalue weighted by Crippen LogP contribution is 2.15. The van der Waals surface area contributed by atoms with Gasteiger partial charge in [0.05, 0.1) is 19.3 Å². The molecule has 2 N–H and O–H groups in total. The van der Waals surface area contributed by atoms with Crippen LogP contribution in [0.2, 0.25) is 0 Å².